The van der Waals surface area contributed by atoms with E-state index in [4.69, 9.17) is 14.2 Å². The molecule has 0 aromatic rings. The second kappa shape index (κ2) is 66.9. The van der Waals surface area contributed by atoms with Crippen LogP contribution in [0, 0.1) is 0 Å². The number of rotatable bonds is 60. The molecule has 8 nitrogen and oxygen atoms in total. The number of carbonyl (C=O) groups is 4. The lowest BCUT2D eigenvalue weighted by molar-refractivity contribution is -0.144. The van der Waals surface area contributed by atoms with E-state index in [1.165, 1.54) is 263 Å². The van der Waals surface area contributed by atoms with E-state index in [1.807, 2.05) is 0 Å². The molecule has 0 saturated heterocycles. The van der Waals surface area contributed by atoms with Crippen molar-refractivity contribution in [2.24, 2.45) is 0 Å². The fraction of sp³-hybridized carbons (Fsp3) is 0.935. The van der Waals surface area contributed by atoms with Crippen molar-refractivity contribution >= 4 is 24.9 Å². The Balaban J connectivity index is 0. The smallest absolute Gasteiger partial charge is 0.305 e. The fourth-order valence-electron chi connectivity index (χ4n) is 9.30. The molecule has 8 heteroatoms. The van der Waals surface area contributed by atoms with Gasteiger partial charge in [-0.1, -0.05) is 296 Å². The Morgan fingerprint density at radius 2 is 0.414 bits per heavy atom. The summed E-state index contributed by atoms with van der Waals surface area (Å²) in [5.41, 5.74) is 0. The number of hydrogen-bond donors (Lipinski definition) is 0. The van der Waals surface area contributed by atoms with Crippen LogP contribution in [0.25, 0.3) is 0 Å². The van der Waals surface area contributed by atoms with Gasteiger partial charge in [-0.15, -0.1) is 0 Å². The molecular weight excluding hydrogens is 873 g/mol. The molecule has 0 spiro atoms. The Morgan fingerprint density at radius 3 is 0.614 bits per heavy atom. The van der Waals surface area contributed by atoms with E-state index in [1.54, 1.807) is 0 Å². The molecule has 0 saturated carbocycles. The first-order chi connectivity index (χ1) is 34.6. The SMILES string of the molecule is CCCCCCCCCCCCCCCCCC(=O)OCCCCCCCCCCCCCCCOC=O.CCCCCCCCCCCCCCCCCC(=O)OCCCCCCCCCOC=O. The second-order valence-corrected chi connectivity index (χ2v) is 20.8. The van der Waals surface area contributed by atoms with Crippen molar-refractivity contribution in [2.75, 3.05) is 26.4 Å². The summed E-state index contributed by atoms with van der Waals surface area (Å²) in [6.07, 6.45) is 65.6. The van der Waals surface area contributed by atoms with Gasteiger partial charge in [-0.05, 0) is 38.5 Å². The highest BCUT2D eigenvalue weighted by Gasteiger charge is 2.05. The van der Waals surface area contributed by atoms with Gasteiger partial charge in [0.05, 0.1) is 26.4 Å². The molecule has 0 aliphatic carbocycles. The van der Waals surface area contributed by atoms with E-state index < -0.39 is 0 Å². The molecule has 70 heavy (non-hydrogen) atoms. The zero-order chi connectivity index (χ0) is 51.0. The maximum absolute atomic E-state index is 11.9. The Hall–Kier alpha value is -2.12. The Bertz CT molecular complexity index is 1000. The van der Waals surface area contributed by atoms with Gasteiger partial charge in [-0.2, -0.15) is 0 Å². The van der Waals surface area contributed by atoms with Gasteiger partial charge in [0.1, 0.15) is 0 Å². The van der Waals surface area contributed by atoms with Crippen molar-refractivity contribution in [3.05, 3.63) is 0 Å². The van der Waals surface area contributed by atoms with Gasteiger partial charge in [-0.25, -0.2) is 0 Å². The third-order valence-corrected chi connectivity index (χ3v) is 13.9. The van der Waals surface area contributed by atoms with Crippen LogP contribution in [0.15, 0.2) is 0 Å². The average Bonchev–Trinajstić information content (AvgIpc) is 3.36. The standard InChI is InChI=1S/C34H66O4.C28H54O4/c1-2-3-4-5-6-7-8-9-10-12-15-18-21-24-27-30-34(36)38-32-29-26-23-20-17-14-11-13-16-19-22-25-28-31-37-33-35;1-2-3-4-5-6-7-8-9-10-11-12-13-15-18-21-24-28(30)32-26-23-20-17-14-16-19-22-25-31-27-29/h33H,2-32H2,1H3;27H,2-26H2,1H3. The predicted molar refractivity (Wildman–Crippen MR) is 297 cm³/mol. The Morgan fingerprint density at radius 1 is 0.243 bits per heavy atom. The summed E-state index contributed by atoms with van der Waals surface area (Å²) < 4.78 is 20.1. The molecule has 0 radical (unpaired) electrons. The van der Waals surface area contributed by atoms with E-state index >= 15 is 0 Å². The van der Waals surface area contributed by atoms with Crippen molar-refractivity contribution < 1.29 is 38.1 Å². The van der Waals surface area contributed by atoms with Crippen molar-refractivity contribution in [1.29, 1.82) is 0 Å². The summed E-state index contributed by atoms with van der Waals surface area (Å²) >= 11 is 0. The van der Waals surface area contributed by atoms with Crippen LogP contribution in [-0.2, 0) is 38.1 Å². The van der Waals surface area contributed by atoms with Crippen molar-refractivity contribution in [1.82, 2.24) is 0 Å². The van der Waals surface area contributed by atoms with Crippen LogP contribution in [-0.4, -0.2) is 51.3 Å². The van der Waals surface area contributed by atoms with E-state index in [-0.39, 0.29) is 11.9 Å². The third kappa shape index (κ3) is 68.0. The highest BCUT2D eigenvalue weighted by molar-refractivity contribution is 5.69. The van der Waals surface area contributed by atoms with Crippen molar-refractivity contribution in [2.45, 2.75) is 348 Å². The molecule has 0 aromatic heterocycles. The summed E-state index contributed by atoms with van der Waals surface area (Å²) in [6, 6.07) is 0. The van der Waals surface area contributed by atoms with Crippen LogP contribution in [0.3, 0.4) is 0 Å². The van der Waals surface area contributed by atoms with E-state index in [0.717, 1.165) is 57.8 Å². The quantitative estimate of drug-likeness (QED) is 0.0257. The summed E-state index contributed by atoms with van der Waals surface area (Å²) in [4.78, 5) is 43.7. The molecule has 0 fully saturated rings. The molecule has 416 valence electrons. The van der Waals surface area contributed by atoms with E-state index in [9.17, 15) is 19.2 Å². The van der Waals surface area contributed by atoms with Crippen LogP contribution in [0.2, 0.25) is 0 Å². The molecular formula is C62H120O8. The molecule has 0 amide bonds. The minimum absolute atomic E-state index is 0.00832. The summed E-state index contributed by atoms with van der Waals surface area (Å²) in [7, 11) is 0. The lowest BCUT2D eigenvalue weighted by Gasteiger charge is -2.06. The fourth-order valence-corrected chi connectivity index (χ4v) is 9.30. The summed E-state index contributed by atoms with van der Waals surface area (Å²) in [6.45, 7) is 7.92. The summed E-state index contributed by atoms with van der Waals surface area (Å²) in [5, 5.41) is 0. The minimum Gasteiger partial charge on any atom is -0.468 e. The maximum atomic E-state index is 11.9. The van der Waals surface area contributed by atoms with Gasteiger partial charge in [0.2, 0.25) is 0 Å². The first-order valence-corrected chi connectivity index (χ1v) is 31.0. The first-order valence-electron chi connectivity index (χ1n) is 31.0. The van der Waals surface area contributed by atoms with Crippen molar-refractivity contribution in [3.8, 4) is 0 Å². The van der Waals surface area contributed by atoms with Crippen LogP contribution in [0.4, 0.5) is 0 Å². The topological polar surface area (TPSA) is 105 Å². The molecule has 0 rings (SSSR count). The van der Waals surface area contributed by atoms with Crippen LogP contribution in [0.5, 0.6) is 0 Å². The Labute approximate surface area is 435 Å². The van der Waals surface area contributed by atoms with Crippen LogP contribution >= 0.6 is 0 Å². The molecule has 0 aromatic carbocycles. The number of esters is 2. The average molecular weight is 994 g/mol. The molecule has 0 unspecified atom stereocenters. The highest BCUT2D eigenvalue weighted by atomic mass is 16.5. The number of ether oxygens (including phenoxy) is 4. The van der Waals surface area contributed by atoms with Crippen molar-refractivity contribution in [3.63, 3.8) is 0 Å². The molecule has 0 atom stereocenters. The first kappa shape index (κ1) is 70.0. The third-order valence-electron chi connectivity index (χ3n) is 13.9. The molecule has 0 heterocycles. The van der Waals surface area contributed by atoms with E-state index in [0.29, 0.717) is 52.2 Å². The molecule has 0 aliphatic rings. The normalized spacial score (nSPS) is 11.0. The van der Waals surface area contributed by atoms with Gasteiger partial charge < -0.3 is 18.9 Å². The maximum Gasteiger partial charge on any atom is 0.305 e. The van der Waals surface area contributed by atoms with E-state index in [2.05, 4.69) is 18.6 Å². The summed E-state index contributed by atoms with van der Waals surface area (Å²) in [5.74, 6) is -0.0103. The number of unbranched alkanes of at least 4 members (excludes halogenated alkanes) is 46. The highest BCUT2D eigenvalue weighted by Crippen LogP contribution is 2.17. The zero-order valence-corrected chi connectivity index (χ0v) is 47.0. The number of carbonyl (C=O) groups excluding carboxylic acids is 4. The van der Waals surface area contributed by atoms with Crippen LogP contribution in [0.1, 0.15) is 348 Å². The Kier molecular flexibility index (Phi) is 66.8. The number of hydrogen-bond acceptors (Lipinski definition) is 8. The molecule has 0 N–H and O–H groups in total. The monoisotopic (exact) mass is 993 g/mol. The van der Waals surface area contributed by atoms with Gasteiger partial charge in [0.25, 0.3) is 12.9 Å². The van der Waals surface area contributed by atoms with Gasteiger partial charge >= 0.3 is 11.9 Å². The van der Waals surface area contributed by atoms with Gasteiger partial charge in [0.15, 0.2) is 0 Å². The molecule has 0 bridgehead atoms. The molecule has 0 aliphatic heterocycles. The van der Waals surface area contributed by atoms with Gasteiger partial charge in [-0.3, -0.25) is 19.2 Å². The second-order valence-electron chi connectivity index (χ2n) is 20.8. The minimum atomic E-state index is -0.0186. The zero-order valence-electron chi connectivity index (χ0n) is 47.0. The lowest BCUT2D eigenvalue weighted by atomic mass is 10.0. The van der Waals surface area contributed by atoms with Gasteiger partial charge in [0, 0.05) is 12.8 Å². The lowest BCUT2D eigenvalue weighted by Crippen LogP contribution is -2.05. The largest absolute Gasteiger partial charge is 0.468 e. The predicted octanol–water partition coefficient (Wildman–Crippen LogP) is 19.7. The van der Waals surface area contributed by atoms with Crippen LogP contribution < -0.4 is 0 Å².